The standard InChI is InChI=1S/C23H17N3O4/c24-12-18-3-1-2-4-19(18)14-28-20-8-5-16(6-9-20)13-25-26-23(27)17-7-10-21-22(11-17)30-15-29-21/h1-11,13H,14-15H2,(H,26,27). The van der Waals surface area contributed by atoms with Crippen molar-refractivity contribution in [3.05, 3.63) is 89.0 Å². The number of nitriles is 1. The first-order valence-corrected chi connectivity index (χ1v) is 9.17. The van der Waals surface area contributed by atoms with E-state index >= 15 is 0 Å². The fraction of sp³-hybridized carbons (Fsp3) is 0.0870. The van der Waals surface area contributed by atoms with Gasteiger partial charge in [0.25, 0.3) is 5.91 Å². The van der Waals surface area contributed by atoms with Crippen LogP contribution in [0.2, 0.25) is 0 Å². The van der Waals surface area contributed by atoms with Gasteiger partial charge in [0.1, 0.15) is 12.4 Å². The van der Waals surface area contributed by atoms with Crippen LogP contribution in [0.15, 0.2) is 71.8 Å². The number of hydrogen-bond donors (Lipinski definition) is 1. The van der Waals surface area contributed by atoms with E-state index in [-0.39, 0.29) is 12.7 Å². The molecule has 0 unspecified atom stereocenters. The molecular formula is C23H17N3O4. The molecule has 0 saturated heterocycles. The molecule has 3 aromatic carbocycles. The number of carbonyl (C=O) groups excluding carboxylic acids is 1. The van der Waals surface area contributed by atoms with E-state index in [9.17, 15) is 4.79 Å². The average molecular weight is 399 g/mol. The van der Waals surface area contributed by atoms with E-state index in [1.165, 1.54) is 0 Å². The number of nitrogens with zero attached hydrogens (tertiary/aromatic N) is 2. The molecule has 0 atom stereocenters. The molecule has 1 heterocycles. The Morgan fingerprint density at radius 2 is 1.90 bits per heavy atom. The van der Waals surface area contributed by atoms with Crippen LogP contribution in [-0.2, 0) is 6.61 Å². The second kappa shape index (κ2) is 8.80. The summed E-state index contributed by atoms with van der Waals surface area (Å²) in [4.78, 5) is 12.2. The summed E-state index contributed by atoms with van der Waals surface area (Å²) in [5.74, 6) is 1.48. The van der Waals surface area contributed by atoms with E-state index < -0.39 is 0 Å². The molecule has 0 saturated carbocycles. The molecule has 0 radical (unpaired) electrons. The van der Waals surface area contributed by atoms with Crippen LogP contribution in [0, 0.1) is 11.3 Å². The molecule has 0 aromatic heterocycles. The number of nitrogens with one attached hydrogen (secondary N) is 1. The number of rotatable bonds is 6. The molecule has 0 fully saturated rings. The maximum Gasteiger partial charge on any atom is 0.271 e. The minimum Gasteiger partial charge on any atom is -0.489 e. The van der Waals surface area contributed by atoms with Crippen LogP contribution in [0.1, 0.15) is 27.0 Å². The van der Waals surface area contributed by atoms with Crippen molar-refractivity contribution in [3.63, 3.8) is 0 Å². The number of fused-ring (bicyclic) bond motifs is 1. The lowest BCUT2D eigenvalue weighted by atomic mass is 10.1. The van der Waals surface area contributed by atoms with E-state index in [2.05, 4.69) is 16.6 Å². The van der Waals surface area contributed by atoms with Crippen molar-refractivity contribution < 1.29 is 19.0 Å². The minimum absolute atomic E-state index is 0.156. The Hall–Kier alpha value is -4.31. The van der Waals surface area contributed by atoms with E-state index in [0.717, 1.165) is 11.1 Å². The van der Waals surface area contributed by atoms with Gasteiger partial charge in [-0.25, -0.2) is 5.43 Å². The van der Waals surface area contributed by atoms with Crippen molar-refractivity contribution in [1.82, 2.24) is 5.43 Å². The summed E-state index contributed by atoms with van der Waals surface area (Å²) in [5.41, 5.74) is 5.14. The van der Waals surface area contributed by atoms with Gasteiger partial charge in [0, 0.05) is 11.1 Å². The zero-order valence-electron chi connectivity index (χ0n) is 15.9. The maximum absolute atomic E-state index is 12.2. The SMILES string of the molecule is N#Cc1ccccc1COc1ccc(C=NNC(=O)c2ccc3c(c2)OCO3)cc1. The van der Waals surface area contributed by atoms with Gasteiger partial charge in [-0.2, -0.15) is 10.4 Å². The summed E-state index contributed by atoms with van der Waals surface area (Å²) in [7, 11) is 0. The molecule has 1 N–H and O–H groups in total. The van der Waals surface area contributed by atoms with Crippen molar-refractivity contribution in [2.24, 2.45) is 5.10 Å². The minimum atomic E-state index is -0.347. The summed E-state index contributed by atoms with van der Waals surface area (Å²) >= 11 is 0. The predicted octanol–water partition coefficient (Wildman–Crippen LogP) is 3.63. The molecule has 1 amide bonds. The second-order valence-electron chi connectivity index (χ2n) is 6.39. The number of carbonyl (C=O) groups is 1. The first kappa shape index (κ1) is 19.0. The zero-order chi connectivity index (χ0) is 20.8. The van der Waals surface area contributed by atoms with Crippen LogP contribution in [0.25, 0.3) is 0 Å². The van der Waals surface area contributed by atoms with Gasteiger partial charge in [-0.1, -0.05) is 18.2 Å². The van der Waals surface area contributed by atoms with Crippen LogP contribution in [-0.4, -0.2) is 18.9 Å². The third-order valence-electron chi connectivity index (χ3n) is 4.43. The van der Waals surface area contributed by atoms with Gasteiger partial charge in [0.05, 0.1) is 17.8 Å². The van der Waals surface area contributed by atoms with E-state index in [4.69, 9.17) is 19.5 Å². The molecule has 7 heteroatoms. The highest BCUT2D eigenvalue weighted by Crippen LogP contribution is 2.32. The normalized spacial score (nSPS) is 11.8. The molecular weight excluding hydrogens is 382 g/mol. The smallest absolute Gasteiger partial charge is 0.271 e. The number of ether oxygens (including phenoxy) is 3. The third kappa shape index (κ3) is 4.39. The number of hydrogen-bond acceptors (Lipinski definition) is 6. The molecule has 4 rings (SSSR count). The summed E-state index contributed by atoms with van der Waals surface area (Å²) in [6.45, 7) is 0.464. The van der Waals surface area contributed by atoms with Gasteiger partial charge >= 0.3 is 0 Å². The predicted molar refractivity (Wildman–Crippen MR) is 110 cm³/mol. The second-order valence-corrected chi connectivity index (χ2v) is 6.39. The lowest BCUT2D eigenvalue weighted by molar-refractivity contribution is 0.0954. The van der Waals surface area contributed by atoms with Gasteiger partial charge in [0.2, 0.25) is 6.79 Å². The van der Waals surface area contributed by atoms with Gasteiger partial charge in [-0.15, -0.1) is 0 Å². The Kier molecular flexibility index (Phi) is 5.58. The van der Waals surface area contributed by atoms with Crippen molar-refractivity contribution >= 4 is 12.1 Å². The van der Waals surface area contributed by atoms with Gasteiger partial charge in [0.15, 0.2) is 11.5 Å². The van der Waals surface area contributed by atoms with Gasteiger partial charge in [-0.05, 0) is 54.1 Å². The summed E-state index contributed by atoms with van der Waals surface area (Å²) in [6.07, 6.45) is 1.54. The topological polar surface area (TPSA) is 92.9 Å². The van der Waals surface area contributed by atoms with Crippen LogP contribution in [0.5, 0.6) is 17.2 Å². The Morgan fingerprint density at radius 1 is 1.10 bits per heavy atom. The van der Waals surface area contributed by atoms with Crippen LogP contribution in [0.3, 0.4) is 0 Å². The number of hydrazone groups is 1. The molecule has 30 heavy (non-hydrogen) atoms. The zero-order valence-corrected chi connectivity index (χ0v) is 15.9. The van der Waals surface area contributed by atoms with Crippen LogP contribution >= 0.6 is 0 Å². The molecule has 3 aromatic rings. The Bertz CT molecular complexity index is 1130. The third-order valence-corrected chi connectivity index (χ3v) is 4.43. The molecule has 1 aliphatic heterocycles. The van der Waals surface area contributed by atoms with Gasteiger partial charge < -0.3 is 14.2 Å². The molecule has 0 spiro atoms. The monoisotopic (exact) mass is 399 g/mol. The molecule has 1 aliphatic rings. The Labute approximate surface area is 173 Å². The van der Waals surface area contributed by atoms with Crippen molar-refractivity contribution in [2.75, 3.05) is 6.79 Å². The highest BCUT2D eigenvalue weighted by molar-refractivity contribution is 5.95. The molecule has 0 bridgehead atoms. The Balaban J connectivity index is 1.31. The first-order valence-electron chi connectivity index (χ1n) is 9.17. The van der Waals surface area contributed by atoms with E-state index in [1.54, 1.807) is 42.6 Å². The number of amides is 1. The largest absolute Gasteiger partial charge is 0.489 e. The molecule has 148 valence electrons. The first-order chi connectivity index (χ1) is 14.7. The summed E-state index contributed by atoms with van der Waals surface area (Å²) in [5, 5.41) is 13.1. The fourth-order valence-electron chi connectivity index (χ4n) is 2.83. The fourth-order valence-corrected chi connectivity index (χ4v) is 2.83. The lowest BCUT2D eigenvalue weighted by Gasteiger charge is -2.07. The maximum atomic E-state index is 12.2. The summed E-state index contributed by atoms with van der Waals surface area (Å²) in [6, 6.07) is 21.7. The van der Waals surface area contributed by atoms with E-state index in [0.29, 0.717) is 35.0 Å². The highest BCUT2D eigenvalue weighted by atomic mass is 16.7. The van der Waals surface area contributed by atoms with Crippen molar-refractivity contribution in [3.8, 4) is 23.3 Å². The average Bonchev–Trinajstić information content (AvgIpc) is 3.26. The quantitative estimate of drug-likeness (QED) is 0.505. The van der Waals surface area contributed by atoms with Gasteiger partial charge in [-0.3, -0.25) is 4.79 Å². The molecule has 0 aliphatic carbocycles. The van der Waals surface area contributed by atoms with E-state index in [1.807, 2.05) is 30.3 Å². The van der Waals surface area contributed by atoms with Crippen LogP contribution in [0.4, 0.5) is 0 Å². The summed E-state index contributed by atoms with van der Waals surface area (Å²) < 4.78 is 16.2. The highest BCUT2D eigenvalue weighted by Gasteiger charge is 2.15. The Morgan fingerprint density at radius 3 is 2.73 bits per heavy atom. The van der Waals surface area contributed by atoms with Crippen molar-refractivity contribution in [1.29, 1.82) is 5.26 Å². The van der Waals surface area contributed by atoms with Crippen molar-refractivity contribution in [2.45, 2.75) is 6.61 Å². The lowest BCUT2D eigenvalue weighted by Crippen LogP contribution is -2.17. The number of benzene rings is 3. The molecule has 7 nitrogen and oxygen atoms in total. The van der Waals surface area contributed by atoms with Crippen LogP contribution < -0.4 is 19.6 Å².